The minimum absolute atomic E-state index is 0.161. The first-order chi connectivity index (χ1) is 12.8. The molecule has 2 aromatic rings. The van der Waals surface area contributed by atoms with Crippen LogP contribution in [0.25, 0.3) is 0 Å². The van der Waals surface area contributed by atoms with E-state index in [2.05, 4.69) is 20.6 Å². The Kier molecular flexibility index (Phi) is 4.17. The minimum atomic E-state index is -0.910. The Labute approximate surface area is 149 Å². The molecule has 0 radical (unpaired) electrons. The van der Waals surface area contributed by atoms with Crippen molar-refractivity contribution in [3.8, 4) is 0 Å². The topological polar surface area (TPSA) is 84.3 Å². The number of carbonyl (C=O) groups is 1. The number of aliphatic imine (C=N–C) groups is 2. The molecule has 0 saturated heterocycles. The quantitative estimate of drug-likeness (QED) is 0.808. The van der Waals surface area contributed by atoms with Crippen LogP contribution < -0.4 is 10.6 Å². The average molecular weight is 346 g/mol. The summed E-state index contributed by atoms with van der Waals surface area (Å²) in [7, 11) is 0. The number of rotatable bonds is 2. The number of hydrogen-bond acceptors (Lipinski definition) is 7. The maximum atomic E-state index is 12.1. The molecule has 2 aliphatic heterocycles. The fourth-order valence-corrected chi connectivity index (χ4v) is 2.45. The Bertz CT molecular complexity index is 899. The van der Waals surface area contributed by atoms with Crippen LogP contribution in [0.4, 0.5) is 16.2 Å². The van der Waals surface area contributed by atoms with E-state index in [0.29, 0.717) is 0 Å². The lowest BCUT2D eigenvalue weighted by atomic mass is 10.2. The monoisotopic (exact) mass is 346 g/mol. The summed E-state index contributed by atoms with van der Waals surface area (Å²) in [5.74, 6) is 0.323. The van der Waals surface area contributed by atoms with E-state index in [1.165, 1.54) is 12.4 Å². The third-order valence-electron chi connectivity index (χ3n) is 3.63. The summed E-state index contributed by atoms with van der Waals surface area (Å²) in [6.07, 6.45) is 5.25. The van der Waals surface area contributed by atoms with Gasteiger partial charge >= 0.3 is 6.16 Å². The van der Waals surface area contributed by atoms with Crippen LogP contribution in [0.15, 0.2) is 82.7 Å². The molecule has 2 aliphatic rings. The third kappa shape index (κ3) is 3.46. The zero-order valence-corrected chi connectivity index (χ0v) is 13.5. The summed E-state index contributed by atoms with van der Waals surface area (Å²) < 4.78 is 10.4. The van der Waals surface area contributed by atoms with Crippen LogP contribution in [0.3, 0.4) is 0 Å². The standard InChI is InChI=1S/C19H14N4O3/c24-19(25-17-11-20-9-13-5-1-3-7-15(13)22-17)26-18-12-21-10-14-6-2-4-8-16(14)23-18/h1-12,22-23H. The molecule has 0 saturated carbocycles. The average Bonchev–Trinajstić information content (AvgIpc) is 2.96. The Morgan fingerprint density at radius 1 is 0.731 bits per heavy atom. The van der Waals surface area contributed by atoms with Gasteiger partial charge in [-0.3, -0.25) is 9.98 Å². The summed E-state index contributed by atoms with van der Waals surface area (Å²) >= 11 is 0. The third-order valence-corrected chi connectivity index (χ3v) is 3.63. The maximum Gasteiger partial charge on any atom is 0.522 e. The summed E-state index contributed by atoms with van der Waals surface area (Å²) in [6, 6.07) is 15.1. The smallest absolute Gasteiger partial charge is 0.376 e. The van der Waals surface area contributed by atoms with E-state index in [9.17, 15) is 4.79 Å². The fourth-order valence-electron chi connectivity index (χ4n) is 2.45. The molecule has 26 heavy (non-hydrogen) atoms. The van der Waals surface area contributed by atoms with Crippen LogP contribution in [-0.2, 0) is 9.47 Å². The van der Waals surface area contributed by atoms with E-state index < -0.39 is 6.16 Å². The van der Waals surface area contributed by atoms with Gasteiger partial charge in [-0.05, 0) is 12.1 Å². The molecule has 4 rings (SSSR count). The van der Waals surface area contributed by atoms with Crippen LogP contribution >= 0.6 is 0 Å². The zero-order valence-electron chi connectivity index (χ0n) is 13.5. The van der Waals surface area contributed by atoms with Gasteiger partial charge < -0.3 is 20.1 Å². The van der Waals surface area contributed by atoms with Crippen LogP contribution in [0.2, 0.25) is 0 Å². The van der Waals surface area contributed by atoms with Crippen molar-refractivity contribution in [2.45, 2.75) is 0 Å². The largest absolute Gasteiger partial charge is 0.522 e. The van der Waals surface area contributed by atoms with Crippen molar-refractivity contribution in [2.24, 2.45) is 9.98 Å². The predicted octanol–water partition coefficient (Wildman–Crippen LogP) is 3.83. The van der Waals surface area contributed by atoms with Crippen LogP contribution in [-0.4, -0.2) is 18.6 Å². The number of benzene rings is 2. The van der Waals surface area contributed by atoms with Crippen molar-refractivity contribution in [3.63, 3.8) is 0 Å². The Balaban J connectivity index is 1.42. The summed E-state index contributed by atoms with van der Waals surface area (Å²) in [5.41, 5.74) is 3.32. The molecule has 7 nitrogen and oxygen atoms in total. The molecule has 2 aromatic carbocycles. The van der Waals surface area contributed by atoms with Gasteiger partial charge in [0.25, 0.3) is 0 Å². The highest BCUT2D eigenvalue weighted by Gasteiger charge is 2.16. The van der Waals surface area contributed by atoms with Gasteiger partial charge in [-0.15, -0.1) is 0 Å². The van der Waals surface area contributed by atoms with Gasteiger partial charge in [-0.1, -0.05) is 36.4 Å². The van der Waals surface area contributed by atoms with Gasteiger partial charge in [0.15, 0.2) is 0 Å². The highest BCUT2D eigenvalue weighted by molar-refractivity contribution is 5.90. The molecule has 0 aliphatic carbocycles. The molecule has 0 atom stereocenters. The first kappa shape index (κ1) is 15.6. The lowest BCUT2D eigenvalue weighted by molar-refractivity contribution is 0.104. The normalized spacial score (nSPS) is 14.3. The fraction of sp³-hybridized carbons (Fsp3) is 0. The van der Waals surface area contributed by atoms with Gasteiger partial charge in [0.1, 0.15) is 0 Å². The molecule has 2 heterocycles. The number of para-hydroxylation sites is 2. The number of fused-ring (bicyclic) bond motifs is 2. The van der Waals surface area contributed by atoms with E-state index in [-0.39, 0.29) is 11.8 Å². The predicted molar refractivity (Wildman–Crippen MR) is 99.0 cm³/mol. The van der Waals surface area contributed by atoms with Crippen molar-refractivity contribution in [3.05, 3.63) is 83.8 Å². The number of anilines is 2. The molecule has 0 bridgehead atoms. The SMILES string of the molecule is O=C(OC1=CN=Cc2ccccc2N1)OC1=CN=Cc2ccccc2N1. The molecule has 0 fully saturated rings. The second-order valence-corrected chi connectivity index (χ2v) is 5.42. The van der Waals surface area contributed by atoms with Crippen molar-refractivity contribution in [1.29, 1.82) is 0 Å². The van der Waals surface area contributed by atoms with Gasteiger partial charge in [0.2, 0.25) is 11.8 Å². The zero-order chi connectivity index (χ0) is 17.8. The first-order valence-electron chi connectivity index (χ1n) is 7.86. The van der Waals surface area contributed by atoms with Crippen molar-refractivity contribution in [2.75, 3.05) is 10.6 Å². The number of hydrogen-bond donors (Lipinski definition) is 2. The molecule has 0 unspecified atom stereocenters. The molecule has 128 valence electrons. The highest BCUT2D eigenvalue weighted by Crippen LogP contribution is 2.21. The number of nitrogens with zero attached hydrogens (tertiary/aromatic N) is 2. The molecule has 0 aromatic heterocycles. The first-order valence-corrected chi connectivity index (χ1v) is 7.86. The maximum absolute atomic E-state index is 12.1. The molecular formula is C19H14N4O3. The second kappa shape index (κ2) is 6.94. The van der Waals surface area contributed by atoms with E-state index in [1.54, 1.807) is 12.4 Å². The number of nitrogens with one attached hydrogen (secondary N) is 2. The molecular weight excluding hydrogens is 332 g/mol. The van der Waals surface area contributed by atoms with Gasteiger partial charge in [-0.2, -0.15) is 0 Å². The second-order valence-electron chi connectivity index (χ2n) is 5.42. The van der Waals surface area contributed by atoms with Gasteiger partial charge in [0, 0.05) is 34.9 Å². The van der Waals surface area contributed by atoms with Crippen molar-refractivity contribution < 1.29 is 14.3 Å². The van der Waals surface area contributed by atoms with E-state index >= 15 is 0 Å². The van der Waals surface area contributed by atoms with Crippen molar-refractivity contribution >= 4 is 30.0 Å². The molecule has 7 heteroatoms. The summed E-state index contributed by atoms with van der Waals surface area (Å²) in [5, 5.41) is 6.00. The van der Waals surface area contributed by atoms with Crippen LogP contribution in [0.5, 0.6) is 0 Å². The molecule has 2 N–H and O–H groups in total. The summed E-state index contributed by atoms with van der Waals surface area (Å²) in [4.78, 5) is 20.3. The Morgan fingerprint density at radius 2 is 1.19 bits per heavy atom. The van der Waals surface area contributed by atoms with E-state index in [0.717, 1.165) is 22.5 Å². The van der Waals surface area contributed by atoms with E-state index in [1.807, 2.05) is 48.5 Å². The highest BCUT2D eigenvalue weighted by atomic mass is 16.7. The number of ether oxygens (including phenoxy) is 2. The Morgan fingerprint density at radius 3 is 1.69 bits per heavy atom. The minimum Gasteiger partial charge on any atom is -0.376 e. The summed E-state index contributed by atoms with van der Waals surface area (Å²) in [6.45, 7) is 0. The lowest BCUT2D eigenvalue weighted by Gasteiger charge is -2.13. The van der Waals surface area contributed by atoms with Gasteiger partial charge in [-0.25, -0.2) is 4.79 Å². The Hall–Kier alpha value is -3.87. The molecule has 0 amide bonds. The van der Waals surface area contributed by atoms with Crippen LogP contribution in [0.1, 0.15) is 11.1 Å². The lowest BCUT2D eigenvalue weighted by Crippen LogP contribution is -2.15. The van der Waals surface area contributed by atoms with Crippen molar-refractivity contribution in [1.82, 2.24) is 0 Å². The number of carbonyl (C=O) groups excluding carboxylic acids is 1. The van der Waals surface area contributed by atoms with Gasteiger partial charge in [0.05, 0.1) is 12.4 Å². The van der Waals surface area contributed by atoms with Crippen LogP contribution in [0, 0.1) is 0 Å². The molecule has 0 spiro atoms. The van der Waals surface area contributed by atoms with E-state index in [4.69, 9.17) is 9.47 Å².